The van der Waals surface area contributed by atoms with E-state index in [4.69, 9.17) is 0 Å². The van der Waals surface area contributed by atoms with Crippen LogP contribution in [-0.4, -0.2) is 17.9 Å². The monoisotopic (exact) mass is 299 g/mol. The van der Waals surface area contributed by atoms with E-state index >= 15 is 0 Å². The summed E-state index contributed by atoms with van der Waals surface area (Å²) in [7, 11) is 1.76. The summed E-state index contributed by atoms with van der Waals surface area (Å²) in [5.74, 6) is -0.280. The van der Waals surface area contributed by atoms with Crippen molar-refractivity contribution in [3.05, 3.63) is 70.9 Å². The van der Waals surface area contributed by atoms with E-state index in [1.54, 1.807) is 24.1 Å². The molecule has 0 aliphatic rings. The lowest BCUT2D eigenvalue weighted by molar-refractivity contribution is 0.0790. The third kappa shape index (κ3) is 2.95. The molecule has 4 heteroatoms. The molecular formula is C17H14FNOS. The van der Waals surface area contributed by atoms with Crippen LogP contribution >= 0.6 is 11.3 Å². The Balaban J connectivity index is 1.78. The van der Waals surface area contributed by atoms with E-state index in [0.717, 1.165) is 20.5 Å². The Morgan fingerprint density at radius 2 is 1.86 bits per heavy atom. The largest absolute Gasteiger partial charge is 0.337 e. The predicted octanol–water partition coefficient (Wildman–Crippen LogP) is 4.31. The average molecular weight is 299 g/mol. The van der Waals surface area contributed by atoms with Crippen LogP contribution in [0, 0.1) is 5.82 Å². The topological polar surface area (TPSA) is 20.3 Å². The molecule has 0 N–H and O–H groups in total. The first-order valence-electron chi connectivity index (χ1n) is 6.62. The number of halogens is 1. The van der Waals surface area contributed by atoms with Gasteiger partial charge < -0.3 is 4.90 Å². The molecule has 2 aromatic carbocycles. The summed E-state index contributed by atoms with van der Waals surface area (Å²) in [6, 6.07) is 16.1. The van der Waals surface area contributed by atoms with E-state index in [1.807, 2.05) is 30.3 Å². The van der Waals surface area contributed by atoms with E-state index in [-0.39, 0.29) is 11.7 Å². The number of rotatable bonds is 3. The van der Waals surface area contributed by atoms with Crippen molar-refractivity contribution in [2.45, 2.75) is 6.54 Å². The van der Waals surface area contributed by atoms with Crippen LogP contribution in [0.25, 0.3) is 10.1 Å². The van der Waals surface area contributed by atoms with Crippen LogP contribution in [0.3, 0.4) is 0 Å². The van der Waals surface area contributed by atoms with Crippen LogP contribution in [0.4, 0.5) is 4.39 Å². The number of thiophene rings is 1. The Morgan fingerprint density at radius 1 is 1.14 bits per heavy atom. The molecule has 0 aliphatic heterocycles. The first-order valence-corrected chi connectivity index (χ1v) is 7.43. The first kappa shape index (κ1) is 13.8. The van der Waals surface area contributed by atoms with Gasteiger partial charge in [0, 0.05) is 18.3 Å². The molecule has 1 heterocycles. The molecule has 1 aromatic heterocycles. The van der Waals surface area contributed by atoms with Crippen molar-refractivity contribution in [2.75, 3.05) is 7.05 Å². The van der Waals surface area contributed by atoms with Crippen molar-refractivity contribution in [2.24, 2.45) is 0 Å². The predicted molar refractivity (Wildman–Crippen MR) is 84.0 cm³/mol. The summed E-state index contributed by atoms with van der Waals surface area (Å²) in [5, 5.41) is 1.08. The zero-order chi connectivity index (χ0) is 14.8. The van der Waals surface area contributed by atoms with Crippen LogP contribution in [-0.2, 0) is 6.54 Å². The molecule has 0 atom stereocenters. The molecule has 2 nitrogen and oxygen atoms in total. The molecule has 21 heavy (non-hydrogen) atoms. The van der Waals surface area contributed by atoms with Gasteiger partial charge in [0.1, 0.15) is 5.82 Å². The molecule has 0 aliphatic carbocycles. The van der Waals surface area contributed by atoms with Crippen molar-refractivity contribution >= 4 is 27.3 Å². The van der Waals surface area contributed by atoms with Crippen LogP contribution in [0.15, 0.2) is 54.6 Å². The first-order chi connectivity index (χ1) is 10.1. The molecule has 3 aromatic rings. The Labute approximate surface area is 126 Å². The minimum atomic E-state index is -0.266. The van der Waals surface area contributed by atoms with Crippen molar-refractivity contribution < 1.29 is 9.18 Å². The van der Waals surface area contributed by atoms with Crippen LogP contribution in [0.2, 0.25) is 0 Å². The normalized spacial score (nSPS) is 10.8. The fourth-order valence-corrected chi connectivity index (χ4v) is 3.27. The van der Waals surface area contributed by atoms with Gasteiger partial charge in [-0.15, -0.1) is 11.3 Å². The maximum absolute atomic E-state index is 12.9. The molecule has 0 unspecified atom stereocenters. The number of hydrogen-bond donors (Lipinski definition) is 0. The van der Waals surface area contributed by atoms with Crippen LogP contribution in [0.5, 0.6) is 0 Å². The minimum absolute atomic E-state index is 0.0134. The summed E-state index contributed by atoms with van der Waals surface area (Å²) in [6.45, 7) is 0.466. The highest BCUT2D eigenvalue weighted by atomic mass is 32.1. The zero-order valence-electron chi connectivity index (χ0n) is 11.5. The highest BCUT2D eigenvalue weighted by Crippen LogP contribution is 2.26. The van der Waals surface area contributed by atoms with E-state index in [2.05, 4.69) is 0 Å². The van der Waals surface area contributed by atoms with Gasteiger partial charge in [-0.25, -0.2) is 4.39 Å². The number of benzene rings is 2. The second-order valence-corrected chi connectivity index (χ2v) is 6.02. The molecule has 0 spiro atoms. The van der Waals surface area contributed by atoms with Gasteiger partial charge in [-0.2, -0.15) is 0 Å². The molecule has 0 saturated heterocycles. The van der Waals surface area contributed by atoms with E-state index < -0.39 is 0 Å². The second-order valence-electron chi connectivity index (χ2n) is 4.94. The van der Waals surface area contributed by atoms with E-state index in [0.29, 0.717) is 6.54 Å². The Kier molecular flexibility index (Phi) is 3.71. The van der Waals surface area contributed by atoms with Gasteiger partial charge in [0.25, 0.3) is 5.91 Å². The number of fused-ring (bicyclic) bond motifs is 1. The number of hydrogen-bond acceptors (Lipinski definition) is 2. The summed E-state index contributed by atoms with van der Waals surface area (Å²) in [4.78, 5) is 14.8. The molecular weight excluding hydrogens is 285 g/mol. The number of carbonyl (C=O) groups is 1. The molecule has 0 bridgehead atoms. The molecule has 0 saturated carbocycles. The number of carbonyl (C=O) groups excluding carboxylic acids is 1. The Morgan fingerprint density at radius 3 is 2.57 bits per heavy atom. The molecule has 0 fully saturated rings. The van der Waals surface area contributed by atoms with Crippen molar-refractivity contribution in [1.82, 2.24) is 4.90 Å². The third-order valence-electron chi connectivity index (χ3n) is 3.32. The van der Waals surface area contributed by atoms with Crippen molar-refractivity contribution in [3.63, 3.8) is 0 Å². The average Bonchev–Trinajstić information content (AvgIpc) is 2.92. The Bertz CT molecular complexity index is 746. The van der Waals surface area contributed by atoms with Crippen LogP contribution < -0.4 is 0 Å². The van der Waals surface area contributed by atoms with Gasteiger partial charge in [0.2, 0.25) is 0 Å². The highest BCUT2D eigenvalue weighted by Gasteiger charge is 2.15. The third-order valence-corrected chi connectivity index (χ3v) is 4.42. The van der Waals surface area contributed by atoms with Gasteiger partial charge in [0.15, 0.2) is 0 Å². The van der Waals surface area contributed by atoms with Gasteiger partial charge in [-0.1, -0.05) is 30.3 Å². The number of nitrogens with zero attached hydrogens (tertiary/aromatic N) is 1. The molecule has 1 amide bonds. The molecule has 0 radical (unpaired) electrons. The fraction of sp³-hybridized carbons (Fsp3) is 0.118. The van der Waals surface area contributed by atoms with E-state index in [1.165, 1.54) is 23.5 Å². The minimum Gasteiger partial charge on any atom is -0.337 e. The van der Waals surface area contributed by atoms with Gasteiger partial charge in [-0.3, -0.25) is 4.79 Å². The quantitative estimate of drug-likeness (QED) is 0.705. The summed E-state index contributed by atoms with van der Waals surface area (Å²) < 4.78 is 14.0. The SMILES string of the molecule is CN(Cc1ccc(F)cc1)C(=O)c1cc2ccccc2s1. The van der Waals surface area contributed by atoms with Crippen molar-refractivity contribution in [3.8, 4) is 0 Å². The molecule has 106 valence electrons. The number of amides is 1. The standard InChI is InChI=1S/C17H14FNOS/c1-19(11-12-6-8-14(18)9-7-12)17(20)16-10-13-4-2-3-5-15(13)21-16/h2-10H,11H2,1H3. The maximum Gasteiger partial charge on any atom is 0.264 e. The zero-order valence-corrected chi connectivity index (χ0v) is 12.4. The second kappa shape index (κ2) is 5.66. The lowest BCUT2D eigenvalue weighted by Crippen LogP contribution is -2.25. The van der Waals surface area contributed by atoms with Crippen molar-refractivity contribution in [1.29, 1.82) is 0 Å². The van der Waals surface area contributed by atoms with E-state index in [9.17, 15) is 9.18 Å². The molecule has 3 rings (SSSR count). The lowest BCUT2D eigenvalue weighted by atomic mass is 10.2. The smallest absolute Gasteiger partial charge is 0.264 e. The Hall–Kier alpha value is -2.20. The summed E-state index contributed by atoms with van der Waals surface area (Å²) >= 11 is 1.50. The lowest BCUT2D eigenvalue weighted by Gasteiger charge is -2.16. The fourth-order valence-electron chi connectivity index (χ4n) is 2.21. The highest BCUT2D eigenvalue weighted by molar-refractivity contribution is 7.20. The summed E-state index contributed by atoms with van der Waals surface area (Å²) in [5.41, 5.74) is 0.911. The summed E-state index contributed by atoms with van der Waals surface area (Å²) in [6.07, 6.45) is 0. The van der Waals surface area contributed by atoms with Crippen LogP contribution in [0.1, 0.15) is 15.2 Å². The van der Waals surface area contributed by atoms with Gasteiger partial charge in [0.05, 0.1) is 4.88 Å². The van der Waals surface area contributed by atoms with Gasteiger partial charge in [-0.05, 0) is 35.2 Å². The van der Waals surface area contributed by atoms with Gasteiger partial charge >= 0.3 is 0 Å². The maximum atomic E-state index is 12.9.